The summed E-state index contributed by atoms with van der Waals surface area (Å²) in [4.78, 5) is 15.4. The highest BCUT2D eigenvalue weighted by atomic mass is 35.5. The number of halogens is 1. The molecule has 0 aliphatic carbocycles. The fourth-order valence-electron chi connectivity index (χ4n) is 3.78. The van der Waals surface area contributed by atoms with Gasteiger partial charge >= 0.3 is 0 Å². The Hall–Kier alpha value is -2.79. The van der Waals surface area contributed by atoms with Crippen LogP contribution in [0.2, 0.25) is 0 Å². The van der Waals surface area contributed by atoms with E-state index in [9.17, 15) is 18.5 Å². The summed E-state index contributed by atoms with van der Waals surface area (Å²) in [5, 5.41) is 11.4. The summed E-state index contributed by atoms with van der Waals surface area (Å²) in [7, 11) is -3.66. The first kappa shape index (κ1) is 23.4. The van der Waals surface area contributed by atoms with Gasteiger partial charge < -0.3 is 9.30 Å². The number of hydrogen-bond acceptors (Lipinski definition) is 6. The Labute approximate surface area is 196 Å². The third kappa shape index (κ3) is 4.79. The van der Waals surface area contributed by atoms with E-state index in [4.69, 9.17) is 16.3 Å². The molecule has 0 spiro atoms. The molecule has 2 heterocycles. The maximum Gasteiger partial charge on any atom is 0.270 e. The number of fused-ring (bicyclic) bond motifs is 1. The molecule has 3 aromatic rings. The van der Waals surface area contributed by atoms with Crippen LogP contribution in [0.25, 0.3) is 22.1 Å². The van der Waals surface area contributed by atoms with Crippen molar-refractivity contribution in [2.75, 3.05) is 26.3 Å². The van der Waals surface area contributed by atoms with E-state index < -0.39 is 14.9 Å². The van der Waals surface area contributed by atoms with Crippen molar-refractivity contribution < 1.29 is 18.1 Å². The summed E-state index contributed by atoms with van der Waals surface area (Å²) in [5.74, 6) is 0.473. The molecule has 9 nitrogen and oxygen atoms in total. The molecule has 1 fully saturated rings. The lowest BCUT2D eigenvalue weighted by atomic mass is 10.2. The summed E-state index contributed by atoms with van der Waals surface area (Å²) >= 11 is 6.60. The van der Waals surface area contributed by atoms with Crippen LogP contribution in [0.5, 0.6) is 0 Å². The van der Waals surface area contributed by atoms with E-state index in [-0.39, 0.29) is 10.6 Å². The summed E-state index contributed by atoms with van der Waals surface area (Å²) < 4.78 is 34.7. The molecule has 0 amide bonds. The highest BCUT2D eigenvalue weighted by Gasteiger charge is 2.27. The smallest absolute Gasteiger partial charge is 0.270 e. The van der Waals surface area contributed by atoms with Gasteiger partial charge in [0.2, 0.25) is 10.0 Å². The largest absolute Gasteiger partial charge is 0.379 e. The number of rotatable bonds is 7. The number of aromatic nitrogens is 2. The number of hydrogen-bond donors (Lipinski definition) is 0. The molecule has 1 saturated heterocycles. The van der Waals surface area contributed by atoms with Crippen molar-refractivity contribution in [3.05, 3.63) is 64.0 Å². The number of non-ortho nitro benzene ring substituents is 1. The van der Waals surface area contributed by atoms with Crippen LogP contribution >= 0.6 is 11.6 Å². The minimum atomic E-state index is -3.66. The summed E-state index contributed by atoms with van der Waals surface area (Å²) in [6, 6.07) is 11.0. The third-order valence-electron chi connectivity index (χ3n) is 5.36. The second-order valence-corrected chi connectivity index (χ2v) is 9.94. The Morgan fingerprint density at radius 1 is 1.24 bits per heavy atom. The lowest BCUT2D eigenvalue weighted by molar-refractivity contribution is -0.384. The fraction of sp³-hybridized carbons (Fsp3) is 0.318. The van der Waals surface area contributed by atoms with Crippen LogP contribution in [0, 0.1) is 10.1 Å². The van der Waals surface area contributed by atoms with Gasteiger partial charge in [-0.3, -0.25) is 10.1 Å². The number of imidazole rings is 1. The van der Waals surface area contributed by atoms with Gasteiger partial charge in [-0.1, -0.05) is 30.7 Å². The van der Waals surface area contributed by atoms with Gasteiger partial charge in [-0.15, -0.1) is 0 Å². The Morgan fingerprint density at radius 3 is 2.70 bits per heavy atom. The quantitative estimate of drug-likeness (QED) is 0.364. The van der Waals surface area contributed by atoms with E-state index in [0.29, 0.717) is 54.8 Å². The molecule has 0 bridgehead atoms. The molecule has 0 unspecified atom stereocenters. The van der Waals surface area contributed by atoms with Gasteiger partial charge in [0.05, 0.1) is 39.1 Å². The number of sulfonamides is 1. The van der Waals surface area contributed by atoms with Gasteiger partial charge in [-0.25, -0.2) is 13.4 Å². The second-order valence-electron chi connectivity index (χ2n) is 7.60. The number of morpholine rings is 1. The maximum atomic E-state index is 13.1. The van der Waals surface area contributed by atoms with Crippen molar-refractivity contribution >= 4 is 49.5 Å². The Bertz CT molecular complexity index is 1330. The average molecular weight is 491 g/mol. The molecule has 0 N–H and O–H groups in total. The summed E-state index contributed by atoms with van der Waals surface area (Å²) in [6.45, 7) is 4.01. The number of ether oxygens (including phenoxy) is 1. The highest BCUT2D eigenvalue weighted by Crippen LogP contribution is 2.29. The Kier molecular flexibility index (Phi) is 6.80. The molecule has 0 saturated carbocycles. The van der Waals surface area contributed by atoms with Crippen molar-refractivity contribution in [2.45, 2.75) is 24.8 Å². The van der Waals surface area contributed by atoms with Crippen molar-refractivity contribution in [1.82, 2.24) is 13.9 Å². The standard InChI is InChI=1S/C22H23ClN4O5S/c1-2-8-26-21-7-6-18(33(30,31)25-9-11-32-12-10-25)15-20(21)24-22(26)19(23)14-16-4-3-5-17(13-16)27(28)29/h3-7,13-15H,2,8-12H2,1H3/b19-14-. The van der Waals surface area contributed by atoms with E-state index in [2.05, 4.69) is 4.98 Å². The third-order valence-corrected chi connectivity index (χ3v) is 7.54. The van der Waals surface area contributed by atoms with Gasteiger partial charge in [0, 0.05) is 31.8 Å². The van der Waals surface area contributed by atoms with Crippen molar-refractivity contribution in [1.29, 1.82) is 0 Å². The first-order valence-corrected chi connectivity index (χ1v) is 12.3. The van der Waals surface area contributed by atoms with E-state index in [1.165, 1.54) is 16.4 Å². The zero-order valence-electron chi connectivity index (χ0n) is 18.0. The molecule has 0 radical (unpaired) electrons. The summed E-state index contributed by atoms with van der Waals surface area (Å²) in [6.07, 6.45) is 2.43. The number of nitro groups is 1. The van der Waals surface area contributed by atoms with Gasteiger partial charge in [-0.2, -0.15) is 4.31 Å². The van der Waals surface area contributed by atoms with Crippen LogP contribution in [-0.4, -0.2) is 53.5 Å². The molecule has 11 heteroatoms. The lowest BCUT2D eigenvalue weighted by Crippen LogP contribution is -2.40. The maximum absolute atomic E-state index is 13.1. The van der Waals surface area contributed by atoms with Crippen LogP contribution in [0.3, 0.4) is 0 Å². The molecule has 33 heavy (non-hydrogen) atoms. The van der Waals surface area contributed by atoms with Crippen LogP contribution in [0.1, 0.15) is 24.7 Å². The van der Waals surface area contributed by atoms with Crippen molar-refractivity contribution in [3.8, 4) is 0 Å². The molecule has 1 aliphatic rings. The van der Waals surface area contributed by atoms with E-state index in [1.807, 2.05) is 11.5 Å². The van der Waals surface area contributed by atoms with Gasteiger partial charge in [0.15, 0.2) is 5.82 Å². The van der Waals surface area contributed by atoms with Crippen molar-refractivity contribution in [3.63, 3.8) is 0 Å². The average Bonchev–Trinajstić information content (AvgIpc) is 3.18. The van der Waals surface area contributed by atoms with Crippen LogP contribution in [0.4, 0.5) is 5.69 Å². The first-order valence-electron chi connectivity index (χ1n) is 10.5. The molecule has 1 aromatic heterocycles. The zero-order valence-corrected chi connectivity index (χ0v) is 19.6. The Balaban J connectivity index is 1.76. The molecule has 4 rings (SSSR count). The molecule has 2 aromatic carbocycles. The van der Waals surface area contributed by atoms with E-state index >= 15 is 0 Å². The predicted molar refractivity (Wildman–Crippen MR) is 126 cm³/mol. The topological polar surface area (TPSA) is 108 Å². The molecular weight excluding hydrogens is 468 g/mol. The van der Waals surface area contributed by atoms with Gasteiger partial charge in [-0.05, 0) is 36.3 Å². The summed E-state index contributed by atoms with van der Waals surface area (Å²) in [5.41, 5.74) is 1.81. The van der Waals surface area contributed by atoms with Crippen LogP contribution in [0.15, 0.2) is 47.4 Å². The van der Waals surface area contributed by atoms with Crippen LogP contribution < -0.4 is 0 Å². The first-order chi connectivity index (χ1) is 15.8. The minimum Gasteiger partial charge on any atom is -0.379 e. The minimum absolute atomic E-state index is 0.0340. The highest BCUT2D eigenvalue weighted by molar-refractivity contribution is 7.89. The molecule has 0 atom stereocenters. The number of aryl methyl sites for hydroxylation is 1. The van der Waals surface area contributed by atoms with E-state index in [1.54, 1.807) is 36.4 Å². The van der Waals surface area contributed by atoms with Crippen molar-refractivity contribution in [2.24, 2.45) is 0 Å². The number of nitro benzene ring substituents is 1. The van der Waals surface area contributed by atoms with Crippen LogP contribution in [-0.2, 0) is 21.3 Å². The Morgan fingerprint density at radius 2 is 2.00 bits per heavy atom. The van der Waals surface area contributed by atoms with Gasteiger partial charge in [0.1, 0.15) is 0 Å². The second kappa shape index (κ2) is 9.60. The number of nitrogens with zero attached hydrogens (tertiary/aromatic N) is 4. The monoisotopic (exact) mass is 490 g/mol. The SMILES string of the molecule is CCCn1c(/C(Cl)=C/c2cccc([N+](=O)[O-])c2)nc2cc(S(=O)(=O)N3CCOCC3)ccc21. The van der Waals surface area contributed by atoms with Gasteiger partial charge in [0.25, 0.3) is 5.69 Å². The zero-order chi connectivity index (χ0) is 23.6. The molecule has 174 valence electrons. The normalized spacial score (nSPS) is 15.8. The number of benzene rings is 2. The lowest BCUT2D eigenvalue weighted by Gasteiger charge is -2.26. The molecule has 1 aliphatic heterocycles. The molecular formula is C22H23ClN4O5S. The van der Waals surface area contributed by atoms with E-state index in [0.717, 1.165) is 11.9 Å². The fourth-order valence-corrected chi connectivity index (χ4v) is 5.48. The predicted octanol–water partition coefficient (Wildman–Crippen LogP) is 4.11.